The normalized spacial score (nSPS) is 12.3. The van der Waals surface area contributed by atoms with Crippen molar-refractivity contribution in [3.63, 3.8) is 0 Å². The molecule has 2 heterocycles. The number of nitrogens with zero attached hydrogens (tertiary/aromatic N) is 4. The maximum absolute atomic E-state index is 13.9. The Labute approximate surface area is 167 Å². The summed E-state index contributed by atoms with van der Waals surface area (Å²) in [6.45, 7) is 4.57. The Kier molecular flexibility index (Phi) is 5.22. The molecule has 0 bridgehead atoms. The van der Waals surface area contributed by atoms with Crippen LogP contribution in [0.2, 0.25) is 0 Å². The zero-order valence-electron chi connectivity index (χ0n) is 16.2. The molecule has 2 aromatic carbocycles. The van der Waals surface area contributed by atoms with Crippen LogP contribution >= 0.6 is 0 Å². The van der Waals surface area contributed by atoms with Gasteiger partial charge in [-0.1, -0.05) is 18.2 Å². The molecule has 5 nitrogen and oxygen atoms in total. The Morgan fingerprint density at radius 2 is 1.86 bits per heavy atom. The van der Waals surface area contributed by atoms with Gasteiger partial charge in [-0.15, -0.1) is 0 Å². The largest absolute Gasteiger partial charge is 0.306 e. The number of aromatic nitrogens is 4. The van der Waals surface area contributed by atoms with E-state index in [-0.39, 0.29) is 17.7 Å². The van der Waals surface area contributed by atoms with Gasteiger partial charge in [0.1, 0.15) is 17.3 Å². The Balaban J connectivity index is 1.46. The smallest absolute Gasteiger partial charge is 0.148 e. The molecule has 4 aromatic rings. The molecule has 1 atom stereocenters. The number of halogens is 2. The van der Waals surface area contributed by atoms with Gasteiger partial charge in [-0.2, -0.15) is 10.2 Å². The molecule has 0 aliphatic heterocycles. The highest BCUT2D eigenvalue weighted by Gasteiger charge is 2.15. The van der Waals surface area contributed by atoms with Gasteiger partial charge in [-0.3, -0.25) is 0 Å². The highest BCUT2D eigenvalue weighted by molar-refractivity contribution is 5.36. The van der Waals surface area contributed by atoms with Crippen LogP contribution in [0.5, 0.6) is 0 Å². The predicted molar refractivity (Wildman–Crippen MR) is 107 cm³/mol. The fourth-order valence-corrected chi connectivity index (χ4v) is 3.32. The lowest BCUT2D eigenvalue weighted by Crippen LogP contribution is -2.18. The lowest BCUT2D eigenvalue weighted by atomic mass is 10.1. The third-order valence-electron chi connectivity index (χ3n) is 4.91. The van der Waals surface area contributed by atoms with Crippen molar-refractivity contribution >= 4 is 0 Å². The third kappa shape index (κ3) is 3.95. The van der Waals surface area contributed by atoms with Crippen LogP contribution < -0.4 is 5.32 Å². The van der Waals surface area contributed by atoms with E-state index in [0.29, 0.717) is 17.9 Å². The summed E-state index contributed by atoms with van der Waals surface area (Å²) < 4.78 is 30.7. The average molecular weight is 393 g/mol. The van der Waals surface area contributed by atoms with Gasteiger partial charge < -0.3 is 5.32 Å². The average Bonchev–Trinajstić information content (AvgIpc) is 3.33. The Hall–Kier alpha value is -3.32. The lowest BCUT2D eigenvalue weighted by molar-refractivity contribution is 0.571. The van der Waals surface area contributed by atoms with Crippen LogP contribution in [0.25, 0.3) is 11.4 Å². The van der Waals surface area contributed by atoms with Crippen molar-refractivity contribution in [2.75, 3.05) is 0 Å². The second-order valence-electron chi connectivity index (χ2n) is 6.92. The maximum atomic E-state index is 13.9. The summed E-state index contributed by atoms with van der Waals surface area (Å²) in [4.78, 5) is 0. The van der Waals surface area contributed by atoms with E-state index >= 15 is 0 Å². The monoisotopic (exact) mass is 393 g/mol. The van der Waals surface area contributed by atoms with Crippen LogP contribution in [0.3, 0.4) is 0 Å². The fourth-order valence-electron chi connectivity index (χ4n) is 3.32. The minimum absolute atomic E-state index is 0.0223. The molecule has 0 aliphatic rings. The molecule has 0 saturated carbocycles. The van der Waals surface area contributed by atoms with Crippen LogP contribution in [0.4, 0.5) is 8.78 Å². The first kappa shape index (κ1) is 19.0. The topological polar surface area (TPSA) is 47.7 Å². The predicted octanol–water partition coefficient (Wildman–Crippen LogP) is 4.50. The lowest BCUT2D eigenvalue weighted by Gasteiger charge is -2.13. The summed E-state index contributed by atoms with van der Waals surface area (Å²) in [5, 5.41) is 12.1. The first-order valence-corrected chi connectivity index (χ1v) is 9.35. The second kappa shape index (κ2) is 7.97. The summed E-state index contributed by atoms with van der Waals surface area (Å²) in [6.07, 6.45) is 5.32. The quantitative estimate of drug-likeness (QED) is 0.525. The first-order chi connectivity index (χ1) is 14.0. The highest BCUT2D eigenvalue weighted by Crippen LogP contribution is 2.21. The number of benzene rings is 2. The van der Waals surface area contributed by atoms with Crippen molar-refractivity contribution in [3.05, 3.63) is 95.6 Å². The van der Waals surface area contributed by atoms with Crippen LogP contribution in [-0.2, 0) is 6.54 Å². The van der Waals surface area contributed by atoms with Crippen molar-refractivity contribution in [2.24, 2.45) is 0 Å². The first-order valence-electron chi connectivity index (χ1n) is 9.35. The van der Waals surface area contributed by atoms with Gasteiger partial charge in [0.15, 0.2) is 0 Å². The summed E-state index contributed by atoms with van der Waals surface area (Å²) in [7, 11) is 0. The SMILES string of the molecule is Cc1c(C(C)NCc2cnn(-c3ccccc3F)c2)cnn1-c1cccc(F)c1. The van der Waals surface area contributed by atoms with Gasteiger partial charge in [0.25, 0.3) is 0 Å². The van der Waals surface area contributed by atoms with E-state index in [1.807, 2.05) is 19.9 Å². The summed E-state index contributed by atoms with van der Waals surface area (Å²) in [6, 6.07) is 12.9. The fraction of sp³-hybridized carbons (Fsp3) is 0.182. The molecule has 0 spiro atoms. The molecule has 148 valence electrons. The number of hydrogen-bond donors (Lipinski definition) is 1. The van der Waals surface area contributed by atoms with E-state index in [1.165, 1.54) is 22.9 Å². The molecule has 1 N–H and O–H groups in total. The molecule has 7 heteroatoms. The Morgan fingerprint density at radius 1 is 1.03 bits per heavy atom. The highest BCUT2D eigenvalue weighted by atomic mass is 19.1. The van der Waals surface area contributed by atoms with Crippen molar-refractivity contribution in [1.82, 2.24) is 24.9 Å². The van der Waals surface area contributed by atoms with Gasteiger partial charge in [0, 0.05) is 35.6 Å². The van der Waals surface area contributed by atoms with Crippen LogP contribution in [-0.4, -0.2) is 19.6 Å². The molecule has 0 aliphatic carbocycles. The maximum Gasteiger partial charge on any atom is 0.148 e. The third-order valence-corrected chi connectivity index (χ3v) is 4.91. The minimum atomic E-state index is -0.316. The van der Waals surface area contributed by atoms with Crippen molar-refractivity contribution in [2.45, 2.75) is 26.4 Å². The van der Waals surface area contributed by atoms with Crippen molar-refractivity contribution in [1.29, 1.82) is 0 Å². The second-order valence-corrected chi connectivity index (χ2v) is 6.92. The molecule has 1 unspecified atom stereocenters. The molecular formula is C22H21F2N5. The number of hydrogen-bond acceptors (Lipinski definition) is 3. The van der Waals surface area contributed by atoms with Gasteiger partial charge in [0.05, 0.1) is 18.1 Å². The molecule has 0 saturated heterocycles. The zero-order chi connectivity index (χ0) is 20.4. The van der Waals surface area contributed by atoms with E-state index in [0.717, 1.165) is 16.8 Å². The van der Waals surface area contributed by atoms with Crippen LogP contribution in [0.15, 0.2) is 67.1 Å². The van der Waals surface area contributed by atoms with E-state index in [2.05, 4.69) is 15.5 Å². The van der Waals surface area contributed by atoms with Gasteiger partial charge in [-0.05, 0) is 44.2 Å². The zero-order valence-corrected chi connectivity index (χ0v) is 16.2. The van der Waals surface area contributed by atoms with Gasteiger partial charge >= 0.3 is 0 Å². The van der Waals surface area contributed by atoms with E-state index < -0.39 is 0 Å². The van der Waals surface area contributed by atoms with Crippen LogP contribution in [0, 0.1) is 18.6 Å². The molecule has 2 aromatic heterocycles. The summed E-state index contributed by atoms with van der Waals surface area (Å²) in [5.74, 6) is -0.610. The Morgan fingerprint density at radius 3 is 2.66 bits per heavy atom. The molecule has 29 heavy (non-hydrogen) atoms. The molecule has 4 rings (SSSR count). The van der Waals surface area contributed by atoms with Crippen molar-refractivity contribution in [3.8, 4) is 11.4 Å². The molecule has 0 amide bonds. The van der Waals surface area contributed by atoms with Crippen LogP contribution in [0.1, 0.15) is 29.8 Å². The number of para-hydroxylation sites is 1. The van der Waals surface area contributed by atoms with Gasteiger partial charge in [-0.25, -0.2) is 18.1 Å². The molecule has 0 radical (unpaired) electrons. The van der Waals surface area contributed by atoms with E-state index in [4.69, 9.17) is 0 Å². The van der Waals surface area contributed by atoms with Gasteiger partial charge in [0.2, 0.25) is 0 Å². The van der Waals surface area contributed by atoms with E-state index in [1.54, 1.807) is 47.5 Å². The Bertz CT molecular complexity index is 1130. The minimum Gasteiger partial charge on any atom is -0.306 e. The van der Waals surface area contributed by atoms with E-state index in [9.17, 15) is 8.78 Å². The number of rotatable bonds is 6. The molecule has 0 fully saturated rings. The number of nitrogens with one attached hydrogen (secondary N) is 1. The molecular weight excluding hydrogens is 372 g/mol. The summed E-state index contributed by atoms with van der Waals surface area (Å²) in [5.41, 5.74) is 4.01. The van der Waals surface area contributed by atoms with Crippen molar-refractivity contribution < 1.29 is 8.78 Å². The summed E-state index contributed by atoms with van der Waals surface area (Å²) >= 11 is 0. The standard InChI is InChI=1S/C22H21F2N5/c1-15(20-13-27-29(16(20)2)19-7-5-6-18(23)10-19)25-11-17-12-26-28(14-17)22-9-4-3-8-21(22)24/h3-10,12-15,25H,11H2,1-2H3.